The molecule has 0 fully saturated rings. The third kappa shape index (κ3) is 3.53. The second-order valence-corrected chi connectivity index (χ2v) is 1.45. The van der Waals surface area contributed by atoms with Crippen LogP contribution in [0.25, 0.3) is 0 Å². The molecular weight excluding hydrogens is 110 g/mol. The molecule has 0 aliphatic rings. The summed E-state index contributed by atoms with van der Waals surface area (Å²) in [6.07, 6.45) is 1.48. The highest BCUT2D eigenvalue weighted by Gasteiger charge is 1.78. The van der Waals surface area contributed by atoms with E-state index in [9.17, 15) is 0 Å². The largest absolute Gasteiger partial charge is 0.265 e. The number of halogens is 1. The number of hydrogen-bond donors (Lipinski definition) is 0. The molecule has 7 heavy (non-hydrogen) atoms. The van der Waals surface area contributed by atoms with E-state index < -0.39 is 0 Å². The normalized spacial score (nSPS) is 11.4. The van der Waals surface area contributed by atoms with Gasteiger partial charge in [-0.3, -0.25) is 4.99 Å². The van der Waals surface area contributed by atoms with E-state index in [1.807, 2.05) is 6.92 Å². The molecule has 0 N–H and O–H groups in total. The molecule has 0 radical (unpaired) electrons. The zero-order chi connectivity index (χ0) is 5.70. The van der Waals surface area contributed by atoms with Crippen molar-refractivity contribution in [1.29, 1.82) is 0 Å². The number of rotatable bonds is 2. The zero-order valence-corrected chi connectivity index (χ0v) is 5.07. The summed E-state index contributed by atoms with van der Waals surface area (Å²) in [5.74, 6) is 0.492. The maximum atomic E-state index is 5.35. The van der Waals surface area contributed by atoms with Crippen molar-refractivity contribution in [3.63, 3.8) is 0 Å². The predicted molar refractivity (Wildman–Crippen MR) is 34.0 cm³/mol. The lowest BCUT2D eigenvalue weighted by Gasteiger charge is -1.83. The molecule has 0 aliphatic heterocycles. The first kappa shape index (κ1) is 6.70. The van der Waals surface area contributed by atoms with Crippen molar-refractivity contribution < 1.29 is 0 Å². The van der Waals surface area contributed by atoms with Gasteiger partial charge in [0.15, 0.2) is 0 Å². The highest BCUT2D eigenvalue weighted by atomic mass is 35.5. The van der Waals surface area contributed by atoms with Gasteiger partial charge in [0.25, 0.3) is 0 Å². The average molecular weight is 118 g/mol. The lowest BCUT2D eigenvalue weighted by atomic mass is 10.5. The van der Waals surface area contributed by atoms with Crippen molar-refractivity contribution >= 4 is 17.3 Å². The molecule has 0 rings (SSSR count). The van der Waals surface area contributed by atoms with Crippen molar-refractivity contribution in [2.45, 2.75) is 6.92 Å². The molecule has 0 atom stereocenters. The molecule has 0 unspecified atom stereocenters. The Morgan fingerprint density at radius 1 is 2.00 bits per heavy atom. The van der Waals surface area contributed by atoms with Crippen LogP contribution in [-0.4, -0.2) is 11.6 Å². The van der Waals surface area contributed by atoms with Crippen LogP contribution in [0.5, 0.6) is 0 Å². The Kier molecular flexibility index (Phi) is 3.71. The molecule has 2 heteroatoms. The Hall–Kier alpha value is -0.300. The Morgan fingerprint density at radius 3 is 2.71 bits per heavy atom. The molecule has 0 saturated carbocycles. The van der Waals surface area contributed by atoms with Gasteiger partial charge in [0.2, 0.25) is 0 Å². The molecule has 0 aromatic heterocycles. The fraction of sp³-hybridized carbons (Fsp3) is 0.400. The summed E-state index contributed by atoms with van der Waals surface area (Å²) in [6.45, 7) is 5.26. The maximum absolute atomic E-state index is 5.35. The molecular formula is C5H8ClN. The second-order valence-electron chi connectivity index (χ2n) is 1.18. The van der Waals surface area contributed by atoms with Gasteiger partial charge in [-0.2, -0.15) is 0 Å². The van der Waals surface area contributed by atoms with Crippen LogP contribution >= 0.6 is 11.6 Å². The third-order valence-electron chi connectivity index (χ3n) is 0.505. The van der Waals surface area contributed by atoms with Gasteiger partial charge >= 0.3 is 0 Å². The fourth-order valence-corrected chi connectivity index (χ4v) is 0.259. The van der Waals surface area contributed by atoms with Gasteiger partial charge in [-0.25, -0.2) is 0 Å². The van der Waals surface area contributed by atoms with Gasteiger partial charge in [0.05, 0.1) is 5.88 Å². The van der Waals surface area contributed by atoms with Crippen molar-refractivity contribution in [3.05, 3.63) is 12.8 Å². The van der Waals surface area contributed by atoms with Crippen molar-refractivity contribution in [2.75, 3.05) is 5.88 Å². The van der Waals surface area contributed by atoms with E-state index in [0.717, 1.165) is 5.71 Å². The first-order valence-corrected chi connectivity index (χ1v) is 2.55. The minimum Gasteiger partial charge on any atom is -0.265 e. The van der Waals surface area contributed by atoms with Crippen LogP contribution in [0.3, 0.4) is 0 Å². The number of aliphatic imine (C=N–C) groups is 1. The van der Waals surface area contributed by atoms with Crippen LogP contribution in [0.2, 0.25) is 0 Å². The lowest BCUT2D eigenvalue weighted by molar-refractivity contribution is 1.52. The van der Waals surface area contributed by atoms with Crippen molar-refractivity contribution in [2.24, 2.45) is 4.99 Å². The third-order valence-corrected chi connectivity index (χ3v) is 0.892. The average Bonchev–Trinajstić information content (AvgIpc) is 1.68. The van der Waals surface area contributed by atoms with Gasteiger partial charge in [-0.15, -0.1) is 11.6 Å². The summed E-state index contributed by atoms with van der Waals surface area (Å²) < 4.78 is 0. The summed E-state index contributed by atoms with van der Waals surface area (Å²) in [7, 11) is 0. The molecule has 0 aromatic carbocycles. The molecule has 0 saturated heterocycles. The highest BCUT2D eigenvalue weighted by molar-refractivity contribution is 6.28. The summed E-state index contributed by atoms with van der Waals surface area (Å²) in [6, 6.07) is 0. The van der Waals surface area contributed by atoms with Gasteiger partial charge in [-0.05, 0) is 6.92 Å². The summed E-state index contributed by atoms with van der Waals surface area (Å²) in [5, 5.41) is 0. The topological polar surface area (TPSA) is 12.4 Å². The van der Waals surface area contributed by atoms with Gasteiger partial charge in [0, 0.05) is 11.9 Å². The first-order chi connectivity index (χ1) is 3.31. The minimum absolute atomic E-state index is 0.492. The van der Waals surface area contributed by atoms with Crippen LogP contribution in [0.4, 0.5) is 0 Å². The quantitative estimate of drug-likeness (QED) is 0.387. The Balaban J connectivity index is 3.49. The monoisotopic (exact) mass is 117 g/mol. The van der Waals surface area contributed by atoms with Gasteiger partial charge < -0.3 is 0 Å². The molecule has 0 aliphatic carbocycles. The summed E-state index contributed by atoms with van der Waals surface area (Å²) in [5.41, 5.74) is 0.900. The SMILES string of the molecule is C=C/N=C(\C)CCl. The van der Waals surface area contributed by atoms with E-state index in [4.69, 9.17) is 11.6 Å². The molecule has 1 nitrogen and oxygen atoms in total. The Morgan fingerprint density at radius 2 is 2.57 bits per heavy atom. The van der Waals surface area contributed by atoms with Gasteiger partial charge in [0.1, 0.15) is 0 Å². The number of alkyl halides is 1. The van der Waals surface area contributed by atoms with Crippen LogP contribution in [-0.2, 0) is 0 Å². The standard InChI is InChI=1S/C5H8ClN/c1-3-7-5(2)4-6/h3H,1,4H2,2H3/b7-5+. The van der Waals surface area contributed by atoms with Crippen molar-refractivity contribution in [1.82, 2.24) is 0 Å². The van der Waals surface area contributed by atoms with Crippen LogP contribution in [0.1, 0.15) is 6.92 Å². The first-order valence-electron chi connectivity index (χ1n) is 2.01. The number of nitrogens with zero attached hydrogens (tertiary/aromatic N) is 1. The maximum Gasteiger partial charge on any atom is 0.0605 e. The smallest absolute Gasteiger partial charge is 0.0605 e. The summed E-state index contributed by atoms with van der Waals surface area (Å²) in [4.78, 5) is 3.79. The molecule has 0 heterocycles. The Bertz CT molecular complexity index is 86.1. The van der Waals surface area contributed by atoms with Crippen molar-refractivity contribution in [3.8, 4) is 0 Å². The van der Waals surface area contributed by atoms with Crippen LogP contribution in [0.15, 0.2) is 17.8 Å². The van der Waals surface area contributed by atoms with E-state index in [-0.39, 0.29) is 0 Å². The second kappa shape index (κ2) is 3.88. The van der Waals surface area contributed by atoms with E-state index in [0.29, 0.717) is 5.88 Å². The Labute approximate surface area is 48.7 Å². The van der Waals surface area contributed by atoms with E-state index in [1.54, 1.807) is 0 Å². The minimum atomic E-state index is 0.492. The fourth-order valence-electron chi connectivity index (χ4n) is 0.190. The molecule has 0 aromatic rings. The molecule has 40 valence electrons. The zero-order valence-electron chi connectivity index (χ0n) is 4.32. The van der Waals surface area contributed by atoms with E-state index in [1.165, 1.54) is 6.20 Å². The lowest BCUT2D eigenvalue weighted by Crippen LogP contribution is -1.88. The molecule has 0 bridgehead atoms. The molecule has 0 amide bonds. The number of hydrogen-bond acceptors (Lipinski definition) is 1. The van der Waals surface area contributed by atoms with Gasteiger partial charge in [-0.1, -0.05) is 6.58 Å². The predicted octanol–water partition coefficient (Wildman–Crippen LogP) is 1.83. The highest BCUT2D eigenvalue weighted by Crippen LogP contribution is 1.81. The van der Waals surface area contributed by atoms with Crippen LogP contribution in [0, 0.1) is 0 Å². The molecule has 0 spiro atoms. The van der Waals surface area contributed by atoms with E-state index in [2.05, 4.69) is 11.6 Å². The van der Waals surface area contributed by atoms with Crippen LogP contribution < -0.4 is 0 Å². The van der Waals surface area contributed by atoms with E-state index >= 15 is 0 Å². The summed E-state index contributed by atoms with van der Waals surface area (Å²) >= 11 is 5.35.